The molecule has 9 heteroatoms. The number of rotatable bonds is 5. The van der Waals surface area contributed by atoms with Crippen LogP contribution in [0.5, 0.6) is 11.5 Å². The van der Waals surface area contributed by atoms with E-state index in [0.717, 1.165) is 14.3 Å². The Morgan fingerprint density at radius 3 is 2.56 bits per heavy atom. The molecule has 3 rings (SSSR count). The summed E-state index contributed by atoms with van der Waals surface area (Å²) in [6.07, 6.45) is 1.41. The maximum atomic E-state index is 12.3. The lowest BCUT2D eigenvalue weighted by atomic mass is 10.2. The minimum absolute atomic E-state index is 0.138. The summed E-state index contributed by atoms with van der Waals surface area (Å²) < 4.78 is 17.6. The molecule has 0 spiro atoms. The lowest BCUT2D eigenvalue weighted by molar-refractivity contribution is 0.0929. The smallest absolute Gasteiger partial charge is 0.307 e. The minimum Gasteiger partial charge on any atom is -0.493 e. The monoisotopic (exact) mass is 514 g/mol. The molecule has 1 heterocycles. The zero-order valence-corrected chi connectivity index (χ0v) is 18.1. The Morgan fingerprint density at radius 2 is 1.85 bits per heavy atom. The maximum Gasteiger partial charge on any atom is 0.307 e. The van der Waals surface area contributed by atoms with Gasteiger partial charge in [0.1, 0.15) is 5.58 Å². The van der Waals surface area contributed by atoms with Crippen molar-refractivity contribution in [2.24, 2.45) is 5.10 Å². The molecule has 0 radical (unpaired) electrons. The summed E-state index contributed by atoms with van der Waals surface area (Å²) in [6.45, 7) is 0. The number of nitrogens with one attached hydrogen (secondary N) is 1. The number of hydrogen-bond donors (Lipinski definition) is 1. The number of carbonyl (C=O) groups excluding carboxylic acids is 1. The van der Waals surface area contributed by atoms with Crippen molar-refractivity contribution >= 4 is 66.6 Å². The Morgan fingerprint density at radius 1 is 1.15 bits per heavy atom. The van der Waals surface area contributed by atoms with Crippen LogP contribution in [0.1, 0.15) is 16.1 Å². The van der Waals surface area contributed by atoms with Crippen molar-refractivity contribution in [1.29, 1.82) is 0 Å². The van der Waals surface area contributed by atoms with Crippen molar-refractivity contribution in [3.63, 3.8) is 0 Å². The highest BCUT2D eigenvalue weighted by atomic mass is 79.9. The number of hydrogen-bond acceptors (Lipinski definition) is 5. The first-order valence-electron chi connectivity index (χ1n) is 7.56. The molecular weight excluding hydrogens is 503 g/mol. The van der Waals surface area contributed by atoms with E-state index in [1.165, 1.54) is 20.4 Å². The molecule has 0 aliphatic carbocycles. The second-order valence-electron chi connectivity index (χ2n) is 5.34. The summed E-state index contributed by atoms with van der Waals surface area (Å²) in [5.41, 5.74) is 3.55. The van der Waals surface area contributed by atoms with Crippen LogP contribution >= 0.6 is 43.5 Å². The van der Waals surface area contributed by atoms with Gasteiger partial charge < -0.3 is 13.9 Å². The predicted molar refractivity (Wildman–Crippen MR) is 111 cm³/mol. The Hall–Kier alpha value is -2.03. The Balaban J connectivity index is 1.79. The number of furan rings is 1. The first kappa shape index (κ1) is 19.7. The highest BCUT2D eigenvalue weighted by Crippen LogP contribution is 2.32. The van der Waals surface area contributed by atoms with E-state index in [-0.39, 0.29) is 5.76 Å². The predicted octanol–water partition coefficient (Wildman–Crippen LogP) is 5.39. The van der Waals surface area contributed by atoms with E-state index in [1.54, 1.807) is 18.2 Å². The van der Waals surface area contributed by atoms with Crippen molar-refractivity contribution in [2.45, 2.75) is 0 Å². The number of hydrazone groups is 1. The number of nitrogens with zero attached hydrogens (tertiary/aromatic N) is 1. The molecule has 0 aliphatic heterocycles. The van der Waals surface area contributed by atoms with Gasteiger partial charge in [-0.25, -0.2) is 5.43 Å². The Kier molecular flexibility index (Phi) is 6.08. The van der Waals surface area contributed by atoms with Crippen molar-refractivity contribution < 1.29 is 18.7 Å². The third-order valence-electron chi connectivity index (χ3n) is 3.63. The molecule has 0 bridgehead atoms. The number of amides is 1. The summed E-state index contributed by atoms with van der Waals surface area (Å²) in [7, 11) is 3.04. The highest BCUT2D eigenvalue weighted by molar-refractivity contribution is 9.11. The molecule has 1 amide bonds. The van der Waals surface area contributed by atoms with Gasteiger partial charge in [0.15, 0.2) is 17.3 Å². The van der Waals surface area contributed by atoms with Gasteiger partial charge in [-0.1, -0.05) is 27.5 Å². The lowest BCUT2D eigenvalue weighted by Gasteiger charge is -2.09. The average Bonchev–Trinajstić information content (AvgIpc) is 3.07. The van der Waals surface area contributed by atoms with E-state index >= 15 is 0 Å². The van der Waals surface area contributed by atoms with E-state index in [1.807, 2.05) is 12.1 Å². The number of ether oxygens (including phenoxy) is 2. The SMILES string of the molecule is COc1cc(Cl)c(/C=N\NC(=O)c2cc3cc(Br)cc(Br)c3o2)cc1OC. The highest BCUT2D eigenvalue weighted by Gasteiger charge is 2.14. The number of benzene rings is 2. The number of methoxy groups -OCH3 is 2. The third-order valence-corrected chi connectivity index (χ3v) is 5.01. The van der Waals surface area contributed by atoms with Crippen molar-refractivity contribution in [2.75, 3.05) is 14.2 Å². The van der Waals surface area contributed by atoms with Gasteiger partial charge in [0.25, 0.3) is 0 Å². The molecule has 0 atom stereocenters. The molecule has 0 unspecified atom stereocenters. The molecule has 27 heavy (non-hydrogen) atoms. The topological polar surface area (TPSA) is 73.1 Å². The zero-order chi connectivity index (χ0) is 19.6. The first-order chi connectivity index (χ1) is 12.9. The molecule has 0 aliphatic rings. The van der Waals surface area contributed by atoms with Crippen LogP contribution < -0.4 is 14.9 Å². The maximum absolute atomic E-state index is 12.3. The van der Waals surface area contributed by atoms with Gasteiger partial charge in [-0.15, -0.1) is 0 Å². The molecule has 3 aromatic rings. The normalized spacial score (nSPS) is 11.1. The van der Waals surface area contributed by atoms with Gasteiger partial charge in [-0.3, -0.25) is 4.79 Å². The molecule has 1 N–H and O–H groups in total. The van der Waals surface area contributed by atoms with Gasteiger partial charge in [0.2, 0.25) is 0 Å². The largest absolute Gasteiger partial charge is 0.493 e. The summed E-state index contributed by atoms with van der Waals surface area (Å²) in [5.74, 6) is 0.659. The van der Waals surface area contributed by atoms with Crippen LogP contribution in [0.15, 0.2) is 48.8 Å². The molecule has 0 saturated carbocycles. The summed E-state index contributed by atoms with van der Waals surface area (Å²) in [4.78, 5) is 12.3. The molecule has 0 fully saturated rings. The van der Waals surface area contributed by atoms with E-state index in [9.17, 15) is 4.79 Å². The van der Waals surface area contributed by atoms with Crippen LogP contribution in [0.3, 0.4) is 0 Å². The molecule has 2 aromatic carbocycles. The van der Waals surface area contributed by atoms with Gasteiger partial charge >= 0.3 is 5.91 Å². The van der Waals surface area contributed by atoms with Crippen LogP contribution in [0.25, 0.3) is 11.0 Å². The number of fused-ring (bicyclic) bond motifs is 1. The fraction of sp³-hybridized carbons (Fsp3) is 0.111. The quantitative estimate of drug-likeness (QED) is 0.365. The van der Waals surface area contributed by atoms with Crippen LogP contribution in [0.4, 0.5) is 0 Å². The fourth-order valence-corrected chi connectivity index (χ4v) is 3.91. The standard InChI is InChI=1S/C18H13Br2ClN2O4/c1-25-14-5-10(13(21)7-15(14)26-2)8-22-23-18(24)16-4-9-3-11(19)6-12(20)17(9)27-16/h3-8H,1-2H3,(H,23,24)/b22-8-. The van der Waals surface area contributed by atoms with Gasteiger partial charge in [0.05, 0.1) is 29.9 Å². The van der Waals surface area contributed by atoms with E-state index < -0.39 is 5.91 Å². The van der Waals surface area contributed by atoms with E-state index in [2.05, 4.69) is 42.4 Å². The van der Waals surface area contributed by atoms with Crippen LogP contribution in [0.2, 0.25) is 5.02 Å². The van der Waals surface area contributed by atoms with Crippen molar-refractivity contribution in [3.05, 3.63) is 55.6 Å². The summed E-state index contributed by atoms with van der Waals surface area (Å²) in [6, 6.07) is 8.60. The van der Waals surface area contributed by atoms with Crippen molar-refractivity contribution in [3.8, 4) is 11.5 Å². The molecule has 1 aromatic heterocycles. The van der Waals surface area contributed by atoms with Crippen LogP contribution in [-0.2, 0) is 0 Å². The Bertz CT molecular complexity index is 1050. The fourth-order valence-electron chi connectivity index (χ4n) is 2.37. The third kappa shape index (κ3) is 4.28. The molecular formula is C18H13Br2ClN2O4. The van der Waals surface area contributed by atoms with Crippen molar-refractivity contribution in [1.82, 2.24) is 5.43 Å². The number of halogens is 3. The number of carbonyl (C=O) groups is 1. The summed E-state index contributed by atoms with van der Waals surface area (Å²) >= 11 is 13.0. The molecule has 0 saturated heterocycles. The van der Waals surface area contributed by atoms with Gasteiger partial charge in [-0.2, -0.15) is 5.10 Å². The van der Waals surface area contributed by atoms with Crippen LogP contribution in [0, 0.1) is 0 Å². The lowest BCUT2D eigenvalue weighted by Crippen LogP contribution is -2.16. The Labute approximate surface area is 176 Å². The molecule has 6 nitrogen and oxygen atoms in total. The first-order valence-corrected chi connectivity index (χ1v) is 9.53. The van der Waals surface area contributed by atoms with E-state index in [4.69, 9.17) is 25.5 Å². The minimum atomic E-state index is -0.484. The average molecular weight is 517 g/mol. The summed E-state index contributed by atoms with van der Waals surface area (Å²) in [5, 5.41) is 5.12. The van der Waals surface area contributed by atoms with Gasteiger partial charge in [-0.05, 0) is 40.2 Å². The second kappa shape index (κ2) is 8.33. The van der Waals surface area contributed by atoms with E-state index in [0.29, 0.717) is 27.7 Å². The second-order valence-corrected chi connectivity index (χ2v) is 7.52. The van der Waals surface area contributed by atoms with Gasteiger partial charge in [0, 0.05) is 21.5 Å². The molecule has 140 valence electrons. The van der Waals surface area contributed by atoms with Crippen LogP contribution in [-0.4, -0.2) is 26.3 Å². The zero-order valence-electron chi connectivity index (χ0n) is 14.2.